The SMILES string of the molecule is CC(C)C(N)C(C)C.CC(C)C(N=C(N)CCCS)C(C)C.CC(C)C(N=C(N)CCCSC1CC(=O)N(C)C1=O)C(C)C.CN1C(=O)C=CC1=O.N=C1CCCS1. The predicted molar refractivity (Wildman–Crippen MR) is 255 cm³/mol. The first kappa shape index (κ1) is 57.7. The lowest BCUT2D eigenvalue weighted by Gasteiger charge is -2.21. The molecular weight excluding hydrogens is 789 g/mol. The highest BCUT2D eigenvalue weighted by molar-refractivity contribution is 8.14. The van der Waals surface area contributed by atoms with Gasteiger partial charge in [-0.3, -0.25) is 44.4 Å². The molecule has 336 valence electrons. The van der Waals surface area contributed by atoms with Crippen molar-refractivity contribution in [1.29, 1.82) is 5.41 Å². The highest BCUT2D eigenvalue weighted by Crippen LogP contribution is 2.25. The smallest absolute Gasteiger partial charge is 0.253 e. The summed E-state index contributed by atoms with van der Waals surface area (Å²) in [6.07, 6.45) is 8.60. The standard InChI is InChI=1S/C16H29N3O2S.C11H24N2S.C7H17N.C5H5NO2.C4H7NS/c1-10(2)15(11(3)4)18-13(17)7-6-8-22-12-9-14(20)19(5)16(12)21;1-8(2)11(9(3)4)13-10(12)6-5-7-14;1-5(2)7(8)6(3)4;1-6-4(7)2-3-5(6)8;5-4-2-1-3-6-4/h10-12,15H,6-9H2,1-5H3,(H2,17,18);8-9,11,14H,5-7H2,1-4H3,(H2,12,13);5-7H,8H2,1-4H3;2-3H,1H3;5H,1-3H2. The Morgan fingerprint density at radius 1 is 0.776 bits per heavy atom. The maximum atomic E-state index is 11.8. The first-order valence-corrected chi connectivity index (χ1v) is 23.7. The van der Waals surface area contributed by atoms with Gasteiger partial charge in [0.05, 0.1) is 34.0 Å². The molecule has 3 heterocycles. The molecule has 58 heavy (non-hydrogen) atoms. The number of nitrogens with zero attached hydrogens (tertiary/aromatic N) is 4. The molecule has 0 spiro atoms. The van der Waals surface area contributed by atoms with Crippen molar-refractivity contribution in [2.45, 2.75) is 151 Å². The number of nitrogens with one attached hydrogen (secondary N) is 1. The molecule has 0 aromatic carbocycles. The monoisotopic (exact) mass is 871 g/mol. The van der Waals surface area contributed by atoms with Crippen LogP contribution in [0.25, 0.3) is 0 Å². The number of hydrogen-bond donors (Lipinski definition) is 5. The number of nitrogens with two attached hydrogens (primary N) is 3. The van der Waals surface area contributed by atoms with Gasteiger partial charge in [0.1, 0.15) is 0 Å². The molecule has 0 aromatic rings. The molecule has 0 aromatic heterocycles. The zero-order valence-electron chi connectivity index (χ0n) is 38.4. The van der Waals surface area contributed by atoms with Crippen molar-refractivity contribution >= 4 is 76.5 Å². The van der Waals surface area contributed by atoms with Crippen molar-refractivity contribution in [3.8, 4) is 0 Å². The highest BCUT2D eigenvalue weighted by atomic mass is 32.2. The zero-order valence-corrected chi connectivity index (χ0v) is 40.9. The Labute approximate surface area is 366 Å². The van der Waals surface area contributed by atoms with Gasteiger partial charge >= 0.3 is 0 Å². The molecule has 0 radical (unpaired) electrons. The third-order valence-corrected chi connectivity index (χ3v) is 12.2. The minimum absolute atomic E-state index is 0.0729. The van der Waals surface area contributed by atoms with E-state index >= 15 is 0 Å². The normalized spacial score (nSPS) is 17.3. The number of rotatable bonds is 16. The molecule has 1 unspecified atom stereocenters. The van der Waals surface area contributed by atoms with Crippen LogP contribution in [-0.2, 0) is 19.2 Å². The fraction of sp³-hybridized carbons (Fsp3) is 0.791. The summed E-state index contributed by atoms with van der Waals surface area (Å²) >= 11 is 7.39. The fourth-order valence-corrected chi connectivity index (χ4v) is 8.12. The predicted octanol–water partition coefficient (Wildman–Crippen LogP) is 7.69. The van der Waals surface area contributed by atoms with Crippen LogP contribution >= 0.6 is 36.2 Å². The second kappa shape index (κ2) is 31.5. The van der Waals surface area contributed by atoms with Crippen LogP contribution in [0.1, 0.15) is 128 Å². The summed E-state index contributed by atoms with van der Waals surface area (Å²) in [4.78, 5) is 55.5. The number of thioether (sulfide) groups is 2. The van der Waals surface area contributed by atoms with Crippen molar-refractivity contribution < 1.29 is 19.2 Å². The van der Waals surface area contributed by atoms with Crippen LogP contribution in [0.2, 0.25) is 0 Å². The van der Waals surface area contributed by atoms with E-state index in [2.05, 4.69) is 106 Å². The lowest BCUT2D eigenvalue weighted by atomic mass is 9.94. The molecule has 3 aliphatic heterocycles. The van der Waals surface area contributed by atoms with Crippen LogP contribution in [0.5, 0.6) is 0 Å². The molecular formula is C43H82N8O4S3. The van der Waals surface area contributed by atoms with Crippen LogP contribution in [-0.4, -0.2) is 105 Å². The quantitative estimate of drug-likeness (QED) is 0.0339. The van der Waals surface area contributed by atoms with Gasteiger partial charge in [-0.15, -0.1) is 23.5 Å². The van der Waals surface area contributed by atoms with E-state index in [-0.39, 0.29) is 34.9 Å². The molecule has 12 nitrogen and oxygen atoms in total. The van der Waals surface area contributed by atoms with Gasteiger partial charge in [0.25, 0.3) is 11.8 Å². The van der Waals surface area contributed by atoms with E-state index in [0.29, 0.717) is 59.8 Å². The Hall–Kier alpha value is -2.36. The average Bonchev–Trinajstić information content (AvgIpc) is 3.82. The van der Waals surface area contributed by atoms with Crippen LogP contribution in [0.3, 0.4) is 0 Å². The molecule has 1 atom stereocenters. The number of hydrogen-bond acceptors (Lipinski definition) is 11. The van der Waals surface area contributed by atoms with Crippen molar-refractivity contribution in [2.24, 2.45) is 62.7 Å². The van der Waals surface area contributed by atoms with E-state index in [4.69, 9.17) is 22.6 Å². The second-order valence-electron chi connectivity index (χ2n) is 17.0. The van der Waals surface area contributed by atoms with Gasteiger partial charge in [-0.1, -0.05) is 83.1 Å². The minimum Gasteiger partial charge on any atom is -0.387 e. The molecule has 0 saturated carbocycles. The Bertz CT molecular complexity index is 1280. The van der Waals surface area contributed by atoms with Crippen LogP contribution in [0.4, 0.5) is 0 Å². The van der Waals surface area contributed by atoms with E-state index in [1.807, 2.05) is 0 Å². The van der Waals surface area contributed by atoms with Gasteiger partial charge in [0.2, 0.25) is 11.8 Å². The number of thiol groups is 1. The first-order chi connectivity index (χ1) is 26.9. The summed E-state index contributed by atoms with van der Waals surface area (Å²) < 4.78 is 0. The molecule has 2 saturated heterocycles. The van der Waals surface area contributed by atoms with Gasteiger partial charge in [0.15, 0.2) is 0 Å². The molecule has 2 fully saturated rings. The Morgan fingerprint density at radius 2 is 1.21 bits per heavy atom. The molecule has 3 rings (SSSR count). The number of likely N-dealkylation sites (N-methyl/N-ethyl adjacent to an activating group) is 1. The summed E-state index contributed by atoms with van der Waals surface area (Å²) in [5, 5.41) is 7.67. The van der Waals surface area contributed by atoms with Crippen molar-refractivity contribution in [3.05, 3.63) is 12.2 Å². The van der Waals surface area contributed by atoms with E-state index in [0.717, 1.165) is 59.4 Å². The van der Waals surface area contributed by atoms with E-state index < -0.39 is 0 Å². The third-order valence-electron chi connectivity index (χ3n) is 9.58. The summed E-state index contributed by atoms with van der Waals surface area (Å²) in [7, 11) is 3.00. The lowest BCUT2D eigenvalue weighted by molar-refractivity contribution is -0.137. The molecule has 15 heteroatoms. The summed E-state index contributed by atoms with van der Waals surface area (Å²) in [6, 6.07) is 0.986. The number of aliphatic imine (C=N–C) groups is 2. The molecule has 4 amide bonds. The number of amidine groups is 2. The Kier molecular flexibility index (Phi) is 31.4. The fourth-order valence-electron chi connectivity index (χ4n) is 5.98. The van der Waals surface area contributed by atoms with Gasteiger partial charge in [-0.2, -0.15) is 12.6 Å². The number of carbonyl (C=O) groups excluding carboxylic acids is 4. The number of amides is 4. The number of imide groups is 2. The minimum atomic E-state index is -0.241. The Morgan fingerprint density at radius 3 is 1.45 bits per heavy atom. The van der Waals surface area contributed by atoms with Crippen molar-refractivity contribution in [3.63, 3.8) is 0 Å². The number of likely N-dealkylation sites (tertiary alicyclic amines) is 1. The summed E-state index contributed by atoms with van der Waals surface area (Å²) in [6.45, 7) is 26.1. The summed E-state index contributed by atoms with van der Waals surface area (Å²) in [5.74, 6) is 7.03. The molecule has 0 bridgehead atoms. The van der Waals surface area contributed by atoms with Crippen LogP contribution in [0.15, 0.2) is 22.1 Å². The second-order valence-corrected chi connectivity index (χ2v) is 19.9. The van der Waals surface area contributed by atoms with E-state index in [9.17, 15) is 19.2 Å². The van der Waals surface area contributed by atoms with Crippen LogP contribution in [0, 0.1) is 40.9 Å². The van der Waals surface area contributed by atoms with E-state index in [1.54, 1.807) is 30.6 Å². The molecule has 3 aliphatic rings. The zero-order chi connectivity index (χ0) is 45.3. The van der Waals surface area contributed by atoms with Crippen molar-refractivity contribution in [2.75, 3.05) is 31.4 Å². The average molecular weight is 871 g/mol. The van der Waals surface area contributed by atoms with Gasteiger partial charge in [-0.25, -0.2) is 0 Å². The first-order valence-electron chi connectivity index (χ1n) is 21.0. The van der Waals surface area contributed by atoms with Gasteiger partial charge < -0.3 is 17.2 Å². The maximum Gasteiger partial charge on any atom is 0.253 e. The highest BCUT2D eigenvalue weighted by Gasteiger charge is 2.36. The third kappa shape index (κ3) is 25.3. The summed E-state index contributed by atoms with van der Waals surface area (Å²) in [5.41, 5.74) is 17.6. The Balaban J connectivity index is 0. The largest absolute Gasteiger partial charge is 0.387 e. The molecule has 0 aliphatic carbocycles. The molecule has 7 N–H and O–H groups in total. The van der Waals surface area contributed by atoms with E-state index in [1.165, 1.54) is 36.3 Å². The van der Waals surface area contributed by atoms with Gasteiger partial charge in [-0.05, 0) is 78.4 Å². The number of carbonyl (C=O) groups is 4. The van der Waals surface area contributed by atoms with Crippen LogP contribution < -0.4 is 17.2 Å². The van der Waals surface area contributed by atoms with Crippen molar-refractivity contribution in [1.82, 2.24) is 9.80 Å². The van der Waals surface area contributed by atoms with Gasteiger partial charge in [0, 0.05) is 51.6 Å². The lowest BCUT2D eigenvalue weighted by Crippen LogP contribution is -2.31. The topological polar surface area (TPSA) is 201 Å². The maximum absolute atomic E-state index is 11.8.